The van der Waals surface area contributed by atoms with Crippen molar-refractivity contribution in [3.63, 3.8) is 0 Å². The second kappa shape index (κ2) is 8.67. The summed E-state index contributed by atoms with van der Waals surface area (Å²) in [6.45, 7) is 2.13. The molecular weight excluding hydrogens is 402 g/mol. The van der Waals surface area contributed by atoms with Crippen molar-refractivity contribution in [3.8, 4) is 0 Å². The van der Waals surface area contributed by atoms with E-state index in [1.54, 1.807) is 16.4 Å². The number of sulfonamides is 1. The van der Waals surface area contributed by atoms with E-state index in [1.807, 2.05) is 32.1 Å². The van der Waals surface area contributed by atoms with Crippen molar-refractivity contribution in [2.24, 2.45) is 5.92 Å². The third-order valence-corrected chi connectivity index (χ3v) is 7.01. The number of rotatable bonds is 5. The zero-order chi connectivity index (χ0) is 16.3. The van der Waals surface area contributed by atoms with Crippen LogP contribution < -0.4 is 10.2 Å². The van der Waals surface area contributed by atoms with Crippen LogP contribution in [0.5, 0.6) is 0 Å². The summed E-state index contributed by atoms with van der Waals surface area (Å²) in [4.78, 5) is 2.26. The van der Waals surface area contributed by atoms with Gasteiger partial charge in [-0.25, -0.2) is 8.42 Å². The number of nitrogens with one attached hydrogen (secondary N) is 1. The van der Waals surface area contributed by atoms with Crippen LogP contribution in [0.15, 0.2) is 27.6 Å². The Morgan fingerprint density at radius 3 is 2.43 bits per heavy atom. The highest BCUT2D eigenvalue weighted by Gasteiger charge is 2.30. The Morgan fingerprint density at radius 1 is 1.30 bits per heavy atom. The summed E-state index contributed by atoms with van der Waals surface area (Å²) in [5.74, 6) is 0.563. The van der Waals surface area contributed by atoms with Crippen LogP contribution in [0, 0.1) is 5.92 Å². The maximum atomic E-state index is 12.9. The van der Waals surface area contributed by atoms with Crippen LogP contribution in [0.3, 0.4) is 0 Å². The van der Waals surface area contributed by atoms with Gasteiger partial charge in [0.15, 0.2) is 0 Å². The molecule has 2 rings (SSSR count). The number of anilines is 1. The van der Waals surface area contributed by atoms with Crippen molar-refractivity contribution in [3.05, 3.63) is 22.7 Å². The smallest absolute Gasteiger partial charge is 0.244 e. The summed E-state index contributed by atoms with van der Waals surface area (Å²) in [6, 6.07) is 5.44. The lowest BCUT2D eigenvalue weighted by atomic mass is 9.98. The number of benzene rings is 1. The molecule has 0 radical (unpaired) electrons. The van der Waals surface area contributed by atoms with Crippen LogP contribution in [-0.4, -0.2) is 53.5 Å². The predicted molar refractivity (Wildman–Crippen MR) is 101 cm³/mol. The Labute approximate surface area is 154 Å². The van der Waals surface area contributed by atoms with E-state index in [1.165, 1.54) is 0 Å². The molecular formula is C15H25BrClN3O2S. The molecule has 0 spiro atoms. The maximum Gasteiger partial charge on any atom is 0.244 e. The highest BCUT2D eigenvalue weighted by atomic mass is 79.9. The summed E-state index contributed by atoms with van der Waals surface area (Å²) >= 11 is 3.38. The third-order valence-electron chi connectivity index (χ3n) is 4.12. The molecule has 0 bridgehead atoms. The monoisotopic (exact) mass is 425 g/mol. The van der Waals surface area contributed by atoms with Gasteiger partial charge in [0.2, 0.25) is 10.0 Å². The first-order valence-electron chi connectivity index (χ1n) is 7.48. The Morgan fingerprint density at radius 2 is 1.91 bits per heavy atom. The normalized spacial score (nSPS) is 16.9. The molecule has 5 nitrogen and oxygen atoms in total. The SMILES string of the molecule is CNCC1CCN(S(=O)(=O)c2cc(N(C)C)ccc2Br)CC1.Cl. The zero-order valence-electron chi connectivity index (χ0n) is 13.8. The van der Waals surface area contributed by atoms with Gasteiger partial charge in [-0.1, -0.05) is 0 Å². The Bertz CT molecular complexity index is 617. The second-order valence-corrected chi connectivity index (χ2v) is 8.67. The van der Waals surface area contributed by atoms with Crippen LogP contribution in [-0.2, 0) is 10.0 Å². The minimum atomic E-state index is -3.45. The molecule has 1 aliphatic heterocycles. The van der Waals surface area contributed by atoms with Gasteiger partial charge in [-0.15, -0.1) is 12.4 Å². The van der Waals surface area contributed by atoms with Crippen molar-refractivity contribution >= 4 is 44.0 Å². The van der Waals surface area contributed by atoms with Crippen molar-refractivity contribution in [2.75, 3.05) is 45.7 Å². The summed E-state index contributed by atoms with van der Waals surface area (Å²) < 4.78 is 28.0. The predicted octanol–water partition coefficient (Wildman–Crippen LogP) is 2.56. The molecule has 0 saturated carbocycles. The second-order valence-electron chi connectivity index (χ2n) is 5.91. The average Bonchev–Trinajstić information content (AvgIpc) is 2.48. The average molecular weight is 427 g/mol. The van der Waals surface area contributed by atoms with Crippen molar-refractivity contribution in [1.82, 2.24) is 9.62 Å². The number of halogens is 2. The maximum absolute atomic E-state index is 12.9. The summed E-state index contributed by atoms with van der Waals surface area (Å²) in [5.41, 5.74) is 0.881. The van der Waals surface area contributed by atoms with Gasteiger partial charge in [0.1, 0.15) is 0 Å². The van der Waals surface area contributed by atoms with Gasteiger partial charge in [0.05, 0.1) is 4.90 Å². The molecule has 1 aromatic rings. The van der Waals surface area contributed by atoms with E-state index < -0.39 is 10.0 Å². The van der Waals surface area contributed by atoms with E-state index in [0.717, 1.165) is 25.1 Å². The lowest BCUT2D eigenvalue weighted by Crippen LogP contribution is -2.40. The fourth-order valence-corrected chi connectivity index (χ4v) is 5.16. The third kappa shape index (κ3) is 4.82. The lowest BCUT2D eigenvalue weighted by Gasteiger charge is -2.31. The number of nitrogens with zero attached hydrogens (tertiary/aromatic N) is 2. The molecule has 1 N–H and O–H groups in total. The number of hydrogen-bond donors (Lipinski definition) is 1. The quantitative estimate of drug-likeness (QED) is 0.786. The van der Waals surface area contributed by atoms with E-state index in [-0.39, 0.29) is 12.4 Å². The van der Waals surface area contributed by atoms with Gasteiger partial charge in [-0.05, 0) is 66.5 Å². The number of hydrogen-bond acceptors (Lipinski definition) is 4. The van der Waals surface area contributed by atoms with Crippen molar-refractivity contribution < 1.29 is 8.42 Å². The van der Waals surface area contributed by atoms with Crippen molar-refractivity contribution in [2.45, 2.75) is 17.7 Å². The largest absolute Gasteiger partial charge is 0.378 e. The molecule has 0 atom stereocenters. The van der Waals surface area contributed by atoms with E-state index in [4.69, 9.17) is 0 Å². The first-order valence-corrected chi connectivity index (χ1v) is 9.71. The molecule has 1 aromatic carbocycles. The molecule has 0 unspecified atom stereocenters. The van der Waals surface area contributed by atoms with Crippen molar-refractivity contribution in [1.29, 1.82) is 0 Å². The van der Waals surface area contributed by atoms with Gasteiger partial charge in [-0.2, -0.15) is 4.31 Å². The molecule has 0 aromatic heterocycles. The van der Waals surface area contributed by atoms with Gasteiger partial charge in [-0.3, -0.25) is 0 Å². The Balaban J connectivity index is 0.00000264. The summed E-state index contributed by atoms with van der Waals surface area (Å²) in [6.07, 6.45) is 1.82. The van der Waals surface area contributed by atoms with E-state index in [9.17, 15) is 8.42 Å². The Kier molecular flexibility index (Phi) is 7.80. The standard InChI is InChI=1S/C15H24BrN3O2S.ClH/c1-17-11-12-6-8-19(9-7-12)22(20,21)15-10-13(18(2)3)4-5-14(15)16;/h4-5,10,12,17H,6-9,11H2,1-3H3;1H. The van der Waals surface area contributed by atoms with Gasteiger partial charge < -0.3 is 10.2 Å². The summed E-state index contributed by atoms with van der Waals surface area (Å²) in [7, 11) is 2.30. The topological polar surface area (TPSA) is 52.7 Å². The molecule has 132 valence electrons. The van der Waals surface area contributed by atoms with Crippen LogP contribution in [0.2, 0.25) is 0 Å². The highest BCUT2D eigenvalue weighted by molar-refractivity contribution is 9.10. The molecule has 0 amide bonds. The van der Waals surface area contributed by atoms with Crippen LogP contribution in [0.25, 0.3) is 0 Å². The van der Waals surface area contributed by atoms with Crippen LogP contribution in [0.1, 0.15) is 12.8 Å². The first kappa shape index (κ1) is 20.7. The molecule has 0 aliphatic carbocycles. The Hall–Kier alpha value is -0.340. The molecule has 1 saturated heterocycles. The fourth-order valence-electron chi connectivity index (χ4n) is 2.75. The van der Waals surface area contributed by atoms with Gasteiger partial charge >= 0.3 is 0 Å². The minimum Gasteiger partial charge on any atom is -0.378 e. The highest BCUT2D eigenvalue weighted by Crippen LogP contribution is 2.31. The molecule has 1 aliphatic rings. The van der Waals surface area contributed by atoms with Crippen LogP contribution in [0.4, 0.5) is 5.69 Å². The van der Waals surface area contributed by atoms with E-state index in [0.29, 0.717) is 28.4 Å². The molecule has 8 heteroatoms. The molecule has 23 heavy (non-hydrogen) atoms. The van der Waals surface area contributed by atoms with E-state index in [2.05, 4.69) is 21.2 Å². The van der Waals surface area contributed by atoms with E-state index >= 15 is 0 Å². The molecule has 1 heterocycles. The number of piperidine rings is 1. The fraction of sp³-hybridized carbons (Fsp3) is 0.600. The lowest BCUT2D eigenvalue weighted by molar-refractivity contribution is 0.270. The van der Waals surface area contributed by atoms with Crippen LogP contribution >= 0.6 is 28.3 Å². The summed E-state index contributed by atoms with van der Waals surface area (Å²) in [5, 5.41) is 3.17. The zero-order valence-corrected chi connectivity index (χ0v) is 17.0. The minimum absolute atomic E-state index is 0. The molecule has 1 fully saturated rings. The van der Waals surface area contributed by atoms with Gasteiger partial charge in [0, 0.05) is 37.3 Å². The van der Waals surface area contributed by atoms with Gasteiger partial charge in [0.25, 0.3) is 0 Å². The first-order chi connectivity index (χ1) is 10.4.